The normalized spacial score (nSPS) is 11.2. The zero-order chi connectivity index (χ0) is 21.5. The van der Waals surface area contributed by atoms with Crippen molar-refractivity contribution >= 4 is 55.7 Å². The van der Waals surface area contributed by atoms with E-state index in [2.05, 4.69) is 46.3 Å². The van der Waals surface area contributed by atoms with Crippen LogP contribution in [-0.2, 0) is 0 Å². The van der Waals surface area contributed by atoms with Gasteiger partial charge in [0, 0.05) is 17.8 Å². The van der Waals surface area contributed by atoms with Crippen molar-refractivity contribution in [2.24, 2.45) is 0 Å². The average molecular weight is 501 g/mol. The largest absolute Gasteiger partial charge is 0.457 e. The summed E-state index contributed by atoms with van der Waals surface area (Å²) in [5, 5.41) is 7.27. The molecule has 0 aliphatic rings. The molecule has 1 N–H and O–H groups in total. The molecule has 0 radical (unpaired) electrons. The SMILES string of the molecule is Cc1c(Oc2ccn3ncnc3c2)ccc(Nc2ncnc3cc(Br)c(Cl)nc23)c1F. The number of benzene rings is 1. The van der Waals surface area contributed by atoms with Crippen LogP contribution < -0.4 is 10.1 Å². The Morgan fingerprint density at radius 3 is 2.87 bits per heavy atom. The third-order valence-corrected chi connectivity index (χ3v) is 5.71. The minimum Gasteiger partial charge on any atom is -0.457 e. The summed E-state index contributed by atoms with van der Waals surface area (Å²) < 4.78 is 23.2. The first-order valence-corrected chi connectivity index (χ1v) is 10.2. The summed E-state index contributed by atoms with van der Waals surface area (Å²) in [6, 6.07) is 8.42. The molecule has 5 aromatic rings. The van der Waals surface area contributed by atoms with Gasteiger partial charge in [0.15, 0.2) is 17.3 Å². The quantitative estimate of drug-likeness (QED) is 0.327. The van der Waals surface area contributed by atoms with Gasteiger partial charge >= 0.3 is 0 Å². The van der Waals surface area contributed by atoms with Crippen molar-refractivity contribution < 1.29 is 9.13 Å². The molecule has 31 heavy (non-hydrogen) atoms. The van der Waals surface area contributed by atoms with Crippen molar-refractivity contribution in [1.82, 2.24) is 29.5 Å². The molecule has 0 aliphatic carbocycles. The zero-order valence-corrected chi connectivity index (χ0v) is 18.2. The fourth-order valence-electron chi connectivity index (χ4n) is 3.02. The Kier molecular flexibility index (Phi) is 4.87. The van der Waals surface area contributed by atoms with E-state index in [9.17, 15) is 0 Å². The van der Waals surface area contributed by atoms with Gasteiger partial charge < -0.3 is 10.1 Å². The first kappa shape index (κ1) is 19.6. The van der Waals surface area contributed by atoms with Crippen molar-refractivity contribution in [3.05, 3.63) is 70.2 Å². The van der Waals surface area contributed by atoms with Gasteiger partial charge in [0.25, 0.3) is 0 Å². The Hall–Kier alpha value is -3.37. The topological polar surface area (TPSA) is 90.1 Å². The molecule has 8 nitrogen and oxygen atoms in total. The summed E-state index contributed by atoms with van der Waals surface area (Å²) in [6.45, 7) is 1.63. The second-order valence-electron chi connectivity index (χ2n) is 6.55. The average Bonchev–Trinajstić information content (AvgIpc) is 3.23. The highest BCUT2D eigenvalue weighted by atomic mass is 79.9. The highest BCUT2D eigenvalue weighted by molar-refractivity contribution is 9.10. The first-order chi connectivity index (χ1) is 15.0. The summed E-state index contributed by atoms with van der Waals surface area (Å²) in [6.07, 6.45) is 4.54. The van der Waals surface area contributed by atoms with Gasteiger partial charge in [-0.3, -0.25) is 0 Å². The molecule has 11 heteroatoms. The molecule has 0 atom stereocenters. The summed E-state index contributed by atoms with van der Waals surface area (Å²) in [4.78, 5) is 16.8. The number of rotatable bonds is 4. The second kappa shape index (κ2) is 7.71. The fraction of sp³-hybridized carbons (Fsp3) is 0.0500. The van der Waals surface area contributed by atoms with Crippen molar-refractivity contribution in [1.29, 1.82) is 0 Å². The molecule has 1 aromatic carbocycles. The monoisotopic (exact) mass is 499 g/mol. The maximum Gasteiger partial charge on any atom is 0.160 e. The predicted octanol–water partition coefficient (Wildman–Crippen LogP) is 5.47. The number of nitrogens with one attached hydrogen (secondary N) is 1. The summed E-state index contributed by atoms with van der Waals surface area (Å²) in [7, 11) is 0. The Labute approximate surface area is 188 Å². The standard InChI is InChI=1S/C20H12BrClFN7O/c1-10-15(31-11-4-5-30-16(6-11)25-9-27-30)3-2-13(17(10)23)28-20-18-14(24-8-26-20)7-12(21)19(22)29-18/h2-9H,1H3,(H,24,26,28). The van der Waals surface area contributed by atoms with E-state index >= 15 is 4.39 Å². The van der Waals surface area contributed by atoms with Gasteiger partial charge in [0.1, 0.15) is 34.8 Å². The van der Waals surface area contributed by atoms with Crippen LogP contribution in [0.15, 0.2) is 53.7 Å². The highest BCUT2D eigenvalue weighted by Crippen LogP contribution is 2.33. The number of aromatic nitrogens is 6. The number of hydrogen-bond donors (Lipinski definition) is 1. The number of halogens is 3. The zero-order valence-electron chi connectivity index (χ0n) is 15.8. The molecule has 4 heterocycles. The van der Waals surface area contributed by atoms with E-state index in [1.165, 1.54) is 12.7 Å². The molecule has 0 unspecified atom stereocenters. The van der Waals surface area contributed by atoms with E-state index in [4.69, 9.17) is 16.3 Å². The van der Waals surface area contributed by atoms with Gasteiger partial charge in [-0.15, -0.1) is 0 Å². The fourth-order valence-corrected chi connectivity index (χ4v) is 3.46. The molecule has 0 saturated carbocycles. The molecule has 4 aromatic heterocycles. The number of pyridine rings is 2. The Morgan fingerprint density at radius 1 is 1.13 bits per heavy atom. The van der Waals surface area contributed by atoms with Crippen LogP contribution >= 0.6 is 27.5 Å². The molecule has 0 amide bonds. The lowest BCUT2D eigenvalue weighted by atomic mass is 10.1. The van der Waals surface area contributed by atoms with Crippen LogP contribution in [0.5, 0.6) is 11.5 Å². The van der Waals surface area contributed by atoms with Gasteiger partial charge in [0.2, 0.25) is 0 Å². The number of fused-ring (bicyclic) bond motifs is 2. The van der Waals surface area contributed by atoms with Crippen molar-refractivity contribution in [2.75, 3.05) is 5.32 Å². The van der Waals surface area contributed by atoms with E-state index < -0.39 is 5.82 Å². The molecule has 0 spiro atoms. The third kappa shape index (κ3) is 3.64. The van der Waals surface area contributed by atoms with Crippen molar-refractivity contribution in [3.63, 3.8) is 0 Å². The Morgan fingerprint density at radius 2 is 2.00 bits per heavy atom. The van der Waals surface area contributed by atoms with E-state index in [-0.39, 0.29) is 10.8 Å². The second-order valence-corrected chi connectivity index (χ2v) is 7.77. The Balaban J connectivity index is 1.47. The lowest BCUT2D eigenvalue weighted by molar-refractivity contribution is 0.471. The number of hydrogen-bond acceptors (Lipinski definition) is 7. The van der Waals surface area contributed by atoms with Gasteiger partial charge in [-0.1, -0.05) is 11.6 Å². The van der Waals surface area contributed by atoms with E-state index in [1.807, 2.05) is 0 Å². The van der Waals surface area contributed by atoms with Crippen LogP contribution in [-0.4, -0.2) is 29.5 Å². The summed E-state index contributed by atoms with van der Waals surface area (Å²) >= 11 is 9.42. The molecular formula is C20H12BrClFN7O. The van der Waals surface area contributed by atoms with Crippen LogP contribution in [0.4, 0.5) is 15.9 Å². The van der Waals surface area contributed by atoms with E-state index in [0.29, 0.717) is 44.0 Å². The van der Waals surface area contributed by atoms with E-state index in [1.54, 1.807) is 48.0 Å². The minimum absolute atomic E-state index is 0.221. The molecule has 154 valence electrons. The number of ether oxygens (including phenoxy) is 1. The first-order valence-electron chi connectivity index (χ1n) is 9.00. The molecule has 0 fully saturated rings. The van der Waals surface area contributed by atoms with Crippen molar-refractivity contribution in [3.8, 4) is 11.5 Å². The Bertz CT molecular complexity index is 1460. The third-order valence-electron chi connectivity index (χ3n) is 4.59. The van der Waals surface area contributed by atoms with Crippen LogP contribution in [0.25, 0.3) is 16.7 Å². The molecule has 0 saturated heterocycles. The lowest BCUT2D eigenvalue weighted by Gasteiger charge is -2.14. The van der Waals surface area contributed by atoms with Crippen LogP contribution in [0, 0.1) is 12.7 Å². The van der Waals surface area contributed by atoms with Gasteiger partial charge in [0.05, 0.1) is 15.7 Å². The number of nitrogens with zero attached hydrogens (tertiary/aromatic N) is 6. The van der Waals surface area contributed by atoms with E-state index in [0.717, 1.165) is 0 Å². The summed E-state index contributed by atoms with van der Waals surface area (Å²) in [5.74, 6) is 0.763. The smallest absolute Gasteiger partial charge is 0.160 e. The van der Waals surface area contributed by atoms with Crippen molar-refractivity contribution in [2.45, 2.75) is 6.92 Å². The molecule has 0 bridgehead atoms. The van der Waals surface area contributed by atoms with Crippen LogP contribution in [0.3, 0.4) is 0 Å². The van der Waals surface area contributed by atoms with Gasteiger partial charge in [-0.25, -0.2) is 28.8 Å². The maximum absolute atomic E-state index is 15.1. The van der Waals surface area contributed by atoms with Crippen LogP contribution in [0.1, 0.15) is 5.56 Å². The highest BCUT2D eigenvalue weighted by Gasteiger charge is 2.15. The maximum atomic E-state index is 15.1. The van der Waals surface area contributed by atoms with Gasteiger partial charge in [-0.2, -0.15) is 5.10 Å². The van der Waals surface area contributed by atoms with Gasteiger partial charge in [-0.05, 0) is 47.1 Å². The minimum atomic E-state index is -0.476. The predicted molar refractivity (Wildman–Crippen MR) is 118 cm³/mol. The molecular weight excluding hydrogens is 489 g/mol. The van der Waals surface area contributed by atoms with Crippen LogP contribution in [0.2, 0.25) is 5.15 Å². The number of anilines is 2. The lowest BCUT2D eigenvalue weighted by Crippen LogP contribution is -2.02. The summed E-state index contributed by atoms with van der Waals surface area (Å²) in [5.41, 5.74) is 2.17. The molecule has 0 aliphatic heterocycles. The molecule has 5 rings (SSSR count).